The third kappa shape index (κ3) is 16.7. The molecule has 0 aliphatic carbocycles. The average molecular weight is 1020 g/mol. The molecule has 0 fully saturated rings. The van der Waals surface area contributed by atoms with Crippen LogP contribution in [0.4, 0.5) is 0 Å². The highest BCUT2D eigenvalue weighted by Gasteiger charge is 2.42. The van der Waals surface area contributed by atoms with Crippen molar-refractivity contribution in [2.75, 3.05) is 0 Å². The zero-order chi connectivity index (χ0) is 52.6. The zero-order valence-corrected chi connectivity index (χ0v) is 41.4. The molecule has 12 heteroatoms. The monoisotopic (exact) mass is 1010 g/mol. The summed E-state index contributed by atoms with van der Waals surface area (Å²) in [6.45, 7) is 0.525. The first-order valence-corrected chi connectivity index (χ1v) is 24.4. The minimum Gasteiger partial charge on any atom is -0.485 e. The fourth-order valence-corrected chi connectivity index (χ4v) is 7.41. The van der Waals surface area contributed by atoms with Crippen LogP contribution in [0.1, 0.15) is 44.5 Å². The SMILES string of the molecule is O=C(/C=C/c1ccc(OCc2ccccc2)c(OCc2ccccc2)c1)O[C@@H](C(=O)OCc1ccccc1)[C@@H](OC(=O)/C=C/c1ccc(OCc2ccccc2)c(OCc2ccccc2)c1)C(=O)OCc1ccccc1. The van der Waals surface area contributed by atoms with E-state index in [1.165, 1.54) is 12.2 Å². The molecule has 8 aromatic rings. The van der Waals surface area contributed by atoms with E-state index in [2.05, 4.69) is 0 Å². The Kier molecular flexibility index (Phi) is 19.4. The second kappa shape index (κ2) is 28.0. The topological polar surface area (TPSA) is 142 Å². The van der Waals surface area contributed by atoms with Gasteiger partial charge in [0.15, 0.2) is 23.0 Å². The van der Waals surface area contributed by atoms with E-state index < -0.39 is 36.1 Å². The molecule has 0 heterocycles. The Hall–Kier alpha value is -9.68. The maximum atomic E-state index is 14.1. The first-order valence-electron chi connectivity index (χ1n) is 24.4. The van der Waals surface area contributed by atoms with Crippen LogP contribution in [0.3, 0.4) is 0 Å². The van der Waals surface area contributed by atoms with E-state index in [1.807, 2.05) is 121 Å². The number of esters is 4. The molecule has 76 heavy (non-hydrogen) atoms. The second-order valence-electron chi connectivity index (χ2n) is 17.1. The van der Waals surface area contributed by atoms with Crippen molar-refractivity contribution < 1.29 is 57.1 Å². The highest BCUT2D eigenvalue weighted by atomic mass is 16.6. The van der Waals surface area contributed by atoms with Gasteiger partial charge in [-0.05, 0) is 80.9 Å². The lowest BCUT2D eigenvalue weighted by atomic mass is 10.1. The van der Waals surface area contributed by atoms with Gasteiger partial charge in [-0.3, -0.25) is 0 Å². The average Bonchev–Trinajstić information content (AvgIpc) is 3.47. The second-order valence-corrected chi connectivity index (χ2v) is 17.1. The lowest BCUT2D eigenvalue weighted by molar-refractivity contribution is -0.189. The fraction of sp³-hybridized carbons (Fsp3) is 0.125. The number of carbonyl (C=O) groups is 4. The van der Waals surface area contributed by atoms with Gasteiger partial charge in [0.05, 0.1) is 0 Å². The molecule has 8 aromatic carbocycles. The van der Waals surface area contributed by atoms with Crippen LogP contribution in [0.15, 0.2) is 231 Å². The van der Waals surface area contributed by atoms with Crippen molar-refractivity contribution >= 4 is 36.0 Å². The summed E-state index contributed by atoms with van der Waals surface area (Å²) in [6, 6.07) is 66.3. The third-order valence-corrected chi connectivity index (χ3v) is 11.4. The van der Waals surface area contributed by atoms with Gasteiger partial charge >= 0.3 is 23.9 Å². The van der Waals surface area contributed by atoms with Crippen LogP contribution in [0.25, 0.3) is 12.2 Å². The molecule has 0 spiro atoms. The fourth-order valence-electron chi connectivity index (χ4n) is 7.41. The van der Waals surface area contributed by atoms with E-state index in [4.69, 9.17) is 37.9 Å². The summed E-state index contributed by atoms with van der Waals surface area (Å²) < 4.78 is 47.5. The largest absolute Gasteiger partial charge is 0.485 e. The molecule has 0 bridgehead atoms. The van der Waals surface area contributed by atoms with Gasteiger partial charge in [0.2, 0.25) is 12.2 Å². The first-order chi connectivity index (χ1) is 37.3. The van der Waals surface area contributed by atoms with E-state index >= 15 is 0 Å². The van der Waals surface area contributed by atoms with E-state index in [0.717, 1.165) is 34.4 Å². The Balaban J connectivity index is 1.04. The van der Waals surface area contributed by atoms with Gasteiger partial charge < -0.3 is 37.9 Å². The molecule has 0 unspecified atom stereocenters. The predicted octanol–water partition coefficient (Wildman–Crippen LogP) is 12.0. The maximum absolute atomic E-state index is 14.1. The van der Waals surface area contributed by atoms with Crippen molar-refractivity contribution in [1.29, 1.82) is 0 Å². The molecule has 0 aliphatic heterocycles. The summed E-state index contributed by atoms with van der Waals surface area (Å²) in [5.74, 6) is -2.74. The quantitative estimate of drug-likeness (QED) is 0.0305. The summed E-state index contributed by atoms with van der Waals surface area (Å²) in [5, 5.41) is 0. The van der Waals surface area contributed by atoms with E-state index in [9.17, 15) is 19.2 Å². The highest BCUT2D eigenvalue weighted by Crippen LogP contribution is 2.32. The molecular formula is C64H54O12. The summed E-state index contributed by atoms with van der Waals surface area (Å²) in [7, 11) is 0. The Morgan fingerprint density at radius 2 is 0.579 bits per heavy atom. The molecule has 0 saturated heterocycles. The summed E-state index contributed by atoms with van der Waals surface area (Å²) >= 11 is 0. The molecular weight excluding hydrogens is 961 g/mol. The number of ether oxygens (including phenoxy) is 8. The Morgan fingerprint density at radius 1 is 0.316 bits per heavy atom. The zero-order valence-electron chi connectivity index (χ0n) is 41.4. The number of hydrogen-bond donors (Lipinski definition) is 0. The van der Waals surface area contributed by atoms with Crippen LogP contribution < -0.4 is 18.9 Å². The first kappa shape index (κ1) is 52.6. The van der Waals surface area contributed by atoms with Gasteiger partial charge in [-0.15, -0.1) is 0 Å². The van der Waals surface area contributed by atoms with Crippen LogP contribution in [-0.2, 0) is 77.8 Å². The predicted molar refractivity (Wildman–Crippen MR) is 286 cm³/mol. The molecule has 0 radical (unpaired) electrons. The van der Waals surface area contributed by atoms with Crippen molar-refractivity contribution in [2.45, 2.75) is 51.8 Å². The van der Waals surface area contributed by atoms with Crippen LogP contribution in [0, 0.1) is 0 Å². The number of carbonyl (C=O) groups excluding carboxylic acids is 4. The molecule has 0 amide bonds. The summed E-state index contributed by atoms with van der Waals surface area (Å²) in [4.78, 5) is 56.0. The van der Waals surface area contributed by atoms with Crippen molar-refractivity contribution in [3.63, 3.8) is 0 Å². The van der Waals surface area contributed by atoms with Crippen molar-refractivity contribution in [2.24, 2.45) is 0 Å². The van der Waals surface area contributed by atoms with Crippen LogP contribution >= 0.6 is 0 Å². The Morgan fingerprint density at radius 3 is 0.868 bits per heavy atom. The van der Waals surface area contributed by atoms with Crippen LogP contribution in [-0.4, -0.2) is 36.1 Å². The van der Waals surface area contributed by atoms with E-state index in [1.54, 1.807) is 97.1 Å². The minimum absolute atomic E-state index is 0.237. The van der Waals surface area contributed by atoms with Gasteiger partial charge in [-0.2, -0.15) is 0 Å². The molecule has 12 nitrogen and oxygen atoms in total. The van der Waals surface area contributed by atoms with Gasteiger partial charge in [0, 0.05) is 12.2 Å². The Labute approximate surface area is 441 Å². The summed E-state index contributed by atoms with van der Waals surface area (Å²) in [6.07, 6.45) is 0.767. The van der Waals surface area contributed by atoms with E-state index in [0.29, 0.717) is 45.3 Å². The number of rotatable bonds is 25. The van der Waals surface area contributed by atoms with Gasteiger partial charge in [0.1, 0.15) is 39.6 Å². The summed E-state index contributed by atoms with van der Waals surface area (Å²) in [5.41, 5.74) is 6.00. The normalized spacial score (nSPS) is 11.7. The lowest BCUT2D eigenvalue weighted by Crippen LogP contribution is -2.47. The van der Waals surface area contributed by atoms with Crippen molar-refractivity contribution in [3.05, 3.63) is 275 Å². The van der Waals surface area contributed by atoms with Crippen LogP contribution in [0.2, 0.25) is 0 Å². The van der Waals surface area contributed by atoms with Gasteiger partial charge in [-0.1, -0.05) is 194 Å². The molecule has 382 valence electrons. The molecule has 0 N–H and O–H groups in total. The van der Waals surface area contributed by atoms with Gasteiger partial charge in [-0.25, -0.2) is 19.2 Å². The third-order valence-electron chi connectivity index (χ3n) is 11.4. The molecule has 0 saturated carbocycles. The smallest absolute Gasteiger partial charge is 0.352 e. The standard InChI is InChI=1S/C64H54O12/c65-59(37-33-47-31-35-55(69-41-49-19-7-1-8-20-49)57(39-47)71-43-51-23-11-3-12-24-51)75-61(63(67)73-45-53-27-15-5-16-28-53)62(64(68)74-46-54-29-17-6-18-30-54)76-60(66)38-34-48-32-36-56(70-42-50-21-9-2-10-22-50)58(40-48)72-44-52-25-13-4-14-26-52/h1-40,61-62H,41-46H2/b37-33+,38-34+/t61-,62-/m1/s1. The van der Waals surface area contributed by atoms with Crippen molar-refractivity contribution in [3.8, 4) is 23.0 Å². The highest BCUT2D eigenvalue weighted by molar-refractivity contribution is 5.94. The lowest BCUT2D eigenvalue weighted by Gasteiger charge is -2.23. The minimum atomic E-state index is -2.13. The molecule has 0 aliphatic rings. The molecule has 8 rings (SSSR count). The molecule has 0 aromatic heterocycles. The maximum Gasteiger partial charge on any atom is 0.352 e. The van der Waals surface area contributed by atoms with E-state index in [-0.39, 0.29) is 39.6 Å². The number of benzene rings is 8. The Bertz CT molecular complexity index is 2950. The number of hydrogen-bond acceptors (Lipinski definition) is 12. The van der Waals surface area contributed by atoms with Gasteiger partial charge in [0.25, 0.3) is 0 Å². The van der Waals surface area contributed by atoms with Crippen LogP contribution in [0.5, 0.6) is 23.0 Å². The van der Waals surface area contributed by atoms with Crippen molar-refractivity contribution in [1.82, 2.24) is 0 Å². The molecule has 2 atom stereocenters.